The fourth-order valence-electron chi connectivity index (χ4n) is 2.28. The maximum atomic E-state index is 13.8. The fraction of sp³-hybridized carbons (Fsp3) is 0.158. The van der Waals surface area contributed by atoms with E-state index in [2.05, 4.69) is 15.3 Å². The van der Waals surface area contributed by atoms with Crippen LogP contribution in [0.25, 0.3) is 0 Å². The number of ether oxygens (including phenoxy) is 1. The van der Waals surface area contributed by atoms with Crippen LogP contribution in [0, 0.1) is 11.6 Å². The number of halogens is 3. The van der Waals surface area contributed by atoms with Gasteiger partial charge in [0.25, 0.3) is 0 Å². The first-order valence-electron chi connectivity index (χ1n) is 7.99. The molecule has 134 valence electrons. The summed E-state index contributed by atoms with van der Waals surface area (Å²) in [6.07, 6.45) is 1.66. The van der Waals surface area contributed by atoms with E-state index in [1.807, 2.05) is 12.1 Å². The first-order chi connectivity index (χ1) is 12.6. The molecule has 4 nitrogen and oxygen atoms in total. The molecule has 0 saturated carbocycles. The maximum absolute atomic E-state index is 13.8. The first kappa shape index (κ1) is 18.1. The predicted molar refractivity (Wildman–Crippen MR) is 96.4 cm³/mol. The van der Waals surface area contributed by atoms with Gasteiger partial charge >= 0.3 is 6.01 Å². The topological polar surface area (TPSA) is 47.0 Å². The predicted octanol–water partition coefficient (Wildman–Crippen LogP) is 4.64. The maximum Gasteiger partial charge on any atom is 0.318 e. The number of rotatable bonds is 7. The number of nitrogens with zero attached hydrogens (tertiary/aromatic N) is 2. The van der Waals surface area contributed by atoms with Gasteiger partial charge in [0, 0.05) is 23.6 Å². The van der Waals surface area contributed by atoms with Gasteiger partial charge in [-0.2, -0.15) is 4.98 Å². The summed E-state index contributed by atoms with van der Waals surface area (Å²) in [6.45, 7) is 0.435. The molecule has 2 aromatic carbocycles. The lowest BCUT2D eigenvalue weighted by atomic mass is 10.2. The average molecular weight is 376 g/mol. The molecule has 0 radical (unpaired) electrons. The normalized spacial score (nSPS) is 10.6. The highest BCUT2D eigenvalue weighted by Gasteiger charge is 2.09. The molecule has 3 aromatic rings. The minimum Gasteiger partial charge on any atom is -0.463 e. The van der Waals surface area contributed by atoms with Gasteiger partial charge in [-0.05, 0) is 23.8 Å². The van der Waals surface area contributed by atoms with Gasteiger partial charge in [-0.3, -0.25) is 0 Å². The minimum absolute atomic E-state index is 0.0373. The monoisotopic (exact) mass is 375 g/mol. The summed E-state index contributed by atoms with van der Waals surface area (Å²) in [6, 6.07) is 13.7. The smallest absolute Gasteiger partial charge is 0.318 e. The summed E-state index contributed by atoms with van der Waals surface area (Å²) in [5.74, 6) is -1.04. The molecule has 0 atom stereocenters. The summed E-state index contributed by atoms with van der Waals surface area (Å²) in [4.78, 5) is 7.81. The molecule has 0 bridgehead atoms. The van der Waals surface area contributed by atoms with Crippen molar-refractivity contribution in [3.05, 3.63) is 82.5 Å². The van der Waals surface area contributed by atoms with Gasteiger partial charge in [0.05, 0.1) is 12.8 Å². The largest absolute Gasteiger partial charge is 0.463 e. The van der Waals surface area contributed by atoms with Crippen molar-refractivity contribution in [3.8, 4) is 6.01 Å². The van der Waals surface area contributed by atoms with Crippen molar-refractivity contribution < 1.29 is 13.5 Å². The lowest BCUT2D eigenvalue weighted by molar-refractivity contribution is 0.295. The third kappa shape index (κ3) is 4.89. The lowest BCUT2D eigenvalue weighted by Gasteiger charge is -2.09. The molecule has 0 aliphatic carbocycles. The number of benzene rings is 2. The van der Waals surface area contributed by atoms with Crippen molar-refractivity contribution in [1.29, 1.82) is 0 Å². The van der Waals surface area contributed by atoms with E-state index in [0.717, 1.165) is 11.8 Å². The van der Waals surface area contributed by atoms with Crippen LogP contribution in [0.1, 0.15) is 11.1 Å². The second-order valence-corrected chi connectivity index (χ2v) is 5.96. The van der Waals surface area contributed by atoms with Crippen molar-refractivity contribution in [2.45, 2.75) is 13.0 Å². The zero-order valence-electron chi connectivity index (χ0n) is 13.8. The summed E-state index contributed by atoms with van der Waals surface area (Å²) < 4.78 is 32.9. The SMILES string of the molecule is Fc1ccccc1CNc1nc(OCCc2ccc(Cl)cc2)ncc1F. The molecule has 0 unspecified atom stereocenters. The molecule has 0 aliphatic heterocycles. The van der Waals surface area contributed by atoms with Gasteiger partial charge in [0.15, 0.2) is 11.6 Å². The number of anilines is 1. The van der Waals surface area contributed by atoms with E-state index in [9.17, 15) is 8.78 Å². The fourth-order valence-corrected chi connectivity index (χ4v) is 2.40. The molecule has 0 aliphatic rings. The Hall–Kier alpha value is -2.73. The molecular weight excluding hydrogens is 360 g/mol. The highest BCUT2D eigenvalue weighted by atomic mass is 35.5. The molecule has 1 aromatic heterocycles. The van der Waals surface area contributed by atoms with Gasteiger partial charge in [0.2, 0.25) is 0 Å². The second-order valence-electron chi connectivity index (χ2n) is 5.52. The Kier molecular flexibility index (Phi) is 5.96. The zero-order valence-corrected chi connectivity index (χ0v) is 14.5. The first-order valence-corrected chi connectivity index (χ1v) is 8.36. The van der Waals surface area contributed by atoms with Crippen LogP contribution in [0.5, 0.6) is 6.01 Å². The Bertz CT molecular complexity index is 875. The number of hydrogen-bond acceptors (Lipinski definition) is 4. The van der Waals surface area contributed by atoms with Crippen LogP contribution in [0.2, 0.25) is 5.02 Å². The molecule has 1 N–H and O–H groups in total. The molecule has 0 amide bonds. The summed E-state index contributed by atoms with van der Waals surface area (Å²) in [7, 11) is 0. The van der Waals surface area contributed by atoms with Crippen LogP contribution < -0.4 is 10.1 Å². The van der Waals surface area contributed by atoms with E-state index in [-0.39, 0.29) is 24.2 Å². The van der Waals surface area contributed by atoms with Crippen LogP contribution in [0.15, 0.2) is 54.7 Å². The second kappa shape index (κ2) is 8.58. The Morgan fingerprint density at radius 2 is 1.77 bits per heavy atom. The van der Waals surface area contributed by atoms with Gasteiger partial charge in [-0.1, -0.05) is 41.9 Å². The molecule has 0 spiro atoms. The van der Waals surface area contributed by atoms with E-state index in [0.29, 0.717) is 23.6 Å². The zero-order chi connectivity index (χ0) is 18.4. The van der Waals surface area contributed by atoms with Crippen LogP contribution in [-0.2, 0) is 13.0 Å². The standard InChI is InChI=1S/C19H16ClF2N3O/c20-15-7-5-13(6-8-15)9-10-26-19-24-12-17(22)18(25-19)23-11-14-3-1-2-4-16(14)21/h1-8,12H,9-11H2,(H,23,24,25). The molecule has 0 saturated heterocycles. The quantitative estimate of drug-likeness (QED) is 0.653. The highest BCUT2D eigenvalue weighted by Crippen LogP contribution is 2.16. The summed E-state index contributed by atoms with van der Waals surface area (Å²) >= 11 is 5.84. The Morgan fingerprint density at radius 1 is 1.00 bits per heavy atom. The number of hydrogen-bond donors (Lipinski definition) is 1. The molecule has 1 heterocycles. The van der Waals surface area contributed by atoms with E-state index in [1.165, 1.54) is 6.07 Å². The van der Waals surface area contributed by atoms with E-state index < -0.39 is 5.82 Å². The third-order valence-corrected chi connectivity index (χ3v) is 3.91. The van der Waals surface area contributed by atoms with Gasteiger partial charge < -0.3 is 10.1 Å². The van der Waals surface area contributed by atoms with Gasteiger partial charge in [-0.15, -0.1) is 0 Å². The van der Waals surface area contributed by atoms with Crippen molar-refractivity contribution in [3.63, 3.8) is 0 Å². The van der Waals surface area contributed by atoms with Crippen LogP contribution >= 0.6 is 11.6 Å². The molecule has 0 fully saturated rings. The van der Waals surface area contributed by atoms with Crippen LogP contribution in [0.3, 0.4) is 0 Å². The number of aromatic nitrogens is 2. The Morgan fingerprint density at radius 3 is 2.54 bits per heavy atom. The van der Waals surface area contributed by atoms with Crippen LogP contribution in [-0.4, -0.2) is 16.6 Å². The molecule has 3 rings (SSSR count). The highest BCUT2D eigenvalue weighted by molar-refractivity contribution is 6.30. The van der Waals surface area contributed by atoms with Crippen molar-refractivity contribution in [2.24, 2.45) is 0 Å². The lowest BCUT2D eigenvalue weighted by Crippen LogP contribution is -2.09. The van der Waals surface area contributed by atoms with Crippen LogP contribution in [0.4, 0.5) is 14.6 Å². The van der Waals surface area contributed by atoms with E-state index in [1.54, 1.807) is 30.3 Å². The number of nitrogens with one attached hydrogen (secondary N) is 1. The average Bonchev–Trinajstić information content (AvgIpc) is 2.65. The van der Waals surface area contributed by atoms with Crippen molar-refractivity contribution >= 4 is 17.4 Å². The Labute approximate surface area is 154 Å². The van der Waals surface area contributed by atoms with Gasteiger partial charge in [0.1, 0.15) is 5.82 Å². The molecule has 7 heteroatoms. The van der Waals surface area contributed by atoms with Gasteiger partial charge in [-0.25, -0.2) is 13.8 Å². The minimum atomic E-state index is -0.633. The van der Waals surface area contributed by atoms with Crippen molar-refractivity contribution in [1.82, 2.24) is 9.97 Å². The summed E-state index contributed by atoms with van der Waals surface area (Å²) in [5.41, 5.74) is 1.46. The summed E-state index contributed by atoms with van der Waals surface area (Å²) in [5, 5.41) is 3.43. The van der Waals surface area contributed by atoms with E-state index >= 15 is 0 Å². The Balaban J connectivity index is 1.58. The third-order valence-electron chi connectivity index (χ3n) is 3.66. The molecule has 26 heavy (non-hydrogen) atoms. The van der Waals surface area contributed by atoms with E-state index in [4.69, 9.17) is 16.3 Å². The molecular formula is C19H16ClF2N3O. The van der Waals surface area contributed by atoms with Crippen molar-refractivity contribution in [2.75, 3.05) is 11.9 Å².